The summed E-state index contributed by atoms with van der Waals surface area (Å²) in [5.74, 6) is -3.50. The minimum atomic E-state index is -1.22. The van der Waals surface area contributed by atoms with Crippen molar-refractivity contribution >= 4 is 64.9 Å². The molecule has 0 aromatic heterocycles. The molecule has 0 saturated carbocycles. The minimum Gasteiger partial charge on any atom is -0.480 e. The zero-order valence-electron chi connectivity index (χ0n) is 37.0. The number of amides is 6. The highest BCUT2D eigenvalue weighted by Gasteiger charge is 2.38. The number of nitrogens with zero attached hydrogens (tertiary/aromatic N) is 1. The lowest BCUT2D eigenvalue weighted by Crippen LogP contribution is -2.60. The molecule has 3 rings (SSSR count). The van der Waals surface area contributed by atoms with Crippen LogP contribution in [-0.2, 0) is 46.4 Å². The van der Waals surface area contributed by atoms with Crippen LogP contribution in [0.25, 0.3) is 0 Å². The number of thioether (sulfide) groups is 2. The highest BCUT2D eigenvalue weighted by molar-refractivity contribution is 7.98. The standard InChI is InChI=1S/C45H68N8O8S2/c1-29(2)26-35(40(55)49-34(45(60)61)18-11-12-22-46)50-41(56)37(28-31-16-9-6-10-17-31)52-42(57)36(27-30-14-7-5-8-15-30)51-39(54)33(21-25-63-4)48-43(58)38-19-13-23-53(38)44(59)32(47)20-24-62-3/h5-10,14-17,29,32-38H,11-13,18-28,46-47H2,1-4H3,(H,48,58)(H,49,55)(H,50,56)(H,51,54)(H,52,57)(H,60,61)/t32-,33-,34-,35-,36-,37-,38-/m0/s1. The Labute approximate surface area is 380 Å². The largest absolute Gasteiger partial charge is 0.480 e. The molecule has 1 heterocycles. The maximum absolute atomic E-state index is 14.4. The topological polar surface area (TPSA) is 255 Å². The molecule has 10 N–H and O–H groups in total. The van der Waals surface area contributed by atoms with Crippen molar-refractivity contribution in [3.8, 4) is 0 Å². The molecule has 0 bridgehead atoms. The van der Waals surface area contributed by atoms with Gasteiger partial charge in [0.2, 0.25) is 35.4 Å². The Morgan fingerprint density at radius 2 is 1.17 bits per heavy atom. The molecule has 63 heavy (non-hydrogen) atoms. The summed E-state index contributed by atoms with van der Waals surface area (Å²) in [6.07, 6.45) is 7.03. The summed E-state index contributed by atoms with van der Waals surface area (Å²) in [6.45, 7) is 4.49. The summed E-state index contributed by atoms with van der Waals surface area (Å²) in [5.41, 5.74) is 13.2. The Hall–Kier alpha value is -4.65. The summed E-state index contributed by atoms with van der Waals surface area (Å²) in [4.78, 5) is 97.1. The van der Waals surface area contributed by atoms with Crippen molar-refractivity contribution in [1.82, 2.24) is 31.5 Å². The van der Waals surface area contributed by atoms with Crippen molar-refractivity contribution in [3.05, 3.63) is 71.8 Å². The van der Waals surface area contributed by atoms with Gasteiger partial charge in [-0.05, 0) is 99.0 Å². The van der Waals surface area contributed by atoms with Crippen LogP contribution in [0, 0.1) is 5.92 Å². The molecule has 1 fully saturated rings. The molecule has 0 spiro atoms. The van der Waals surface area contributed by atoms with Crippen molar-refractivity contribution in [2.45, 2.75) is 120 Å². The molecule has 16 nitrogen and oxygen atoms in total. The Bertz CT molecular complexity index is 1780. The third-order valence-corrected chi connectivity index (χ3v) is 12.1. The molecule has 348 valence electrons. The van der Waals surface area contributed by atoms with E-state index >= 15 is 0 Å². The van der Waals surface area contributed by atoms with Gasteiger partial charge in [0.15, 0.2) is 0 Å². The van der Waals surface area contributed by atoms with Crippen LogP contribution in [0.15, 0.2) is 60.7 Å². The fourth-order valence-corrected chi connectivity index (χ4v) is 8.28. The van der Waals surface area contributed by atoms with Gasteiger partial charge in [-0.15, -0.1) is 0 Å². The average Bonchev–Trinajstić information content (AvgIpc) is 3.76. The number of rotatable bonds is 28. The summed E-state index contributed by atoms with van der Waals surface area (Å²) < 4.78 is 0. The van der Waals surface area contributed by atoms with Gasteiger partial charge in [-0.25, -0.2) is 4.79 Å². The number of benzene rings is 2. The van der Waals surface area contributed by atoms with Crippen LogP contribution in [-0.4, -0.2) is 131 Å². The number of carbonyl (C=O) groups excluding carboxylic acids is 6. The quantitative estimate of drug-likeness (QED) is 0.0571. The Kier molecular flexibility index (Phi) is 23.6. The van der Waals surface area contributed by atoms with Crippen molar-refractivity contribution < 1.29 is 38.7 Å². The third kappa shape index (κ3) is 18.2. The number of carboxylic acids is 1. The predicted molar refractivity (Wildman–Crippen MR) is 249 cm³/mol. The van der Waals surface area contributed by atoms with Gasteiger partial charge in [0.1, 0.15) is 36.3 Å². The number of likely N-dealkylation sites (tertiary alicyclic amines) is 1. The smallest absolute Gasteiger partial charge is 0.326 e. The first kappa shape index (κ1) is 52.7. The zero-order valence-corrected chi connectivity index (χ0v) is 38.6. The van der Waals surface area contributed by atoms with E-state index in [0.29, 0.717) is 62.3 Å². The number of nitrogens with two attached hydrogens (primary N) is 2. The van der Waals surface area contributed by atoms with Crippen LogP contribution in [0.1, 0.15) is 76.3 Å². The van der Waals surface area contributed by atoms with Gasteiger partial charge in [-0.1, -0.05) is 74.5 Å². The highest BCUT2D eigenvalue weighted by Crippen LogP contribution is 2.20. The minimum absolute atomic E-state index is 0.0290. The zero-order chi connectivity index (χ0) is 46.3. The number of aliphatic carboxylic acids is 1. The van der Waals surface area contributed by atoms with E-state index in [1.165, 1.54) is 16.7 Å². The van der Waals surface area contributed by atoms with Crippen LogP contribution in [0.4, 0.5) is 0 Å². The van der Waals surface area contributed by atoms with Crippen LogP contribution >= 0.6 is 23.5 Å². The molecule has 6 amide bonds. The van der Waals surface area contributed by atoms with E-state index in [0.717, 1.165) is 5.56 Å². The van der Waals surface area contributed by atoms with Crippen molar-refractivity contribution in [1.29, 1.82) is 0 Å². The molecule has 2 aromatic carbocycles. The second-order valence-corrected chi connectivity index (χ2v) is 18.3. The van der Waals surface area contributed by atoms with E-state index in [4.69, 9.17) is 11.5 Å². The SMILES string of the molecule is CSCC[C@H](NC(=O)[C@@H]1CCCN1C(=O)[C@@H](N)CCSC)C(=O)N[C@@H](Cc1ccccc1)C(=O)N[C@@H](Cc1ccccc1)C(=O)N[C@@H](CC(C)C)C(=O)N[C@@H](CCCCN)C(=O)O. The Morgan fingerprint density at radius 1 is 0.683 bits per heavy atom. The number of nitrogens with one attached hydrogen (secondary N) is 5. The lowest BCUT2D eigenvalue weighted by atomic mass is 9.99. The first-order valence-corrected chi connectivity index (χ1v) is 24.5. The number of carbonyl (C=O) groups is 7. The van der Waals surface area contributed by atoms with Gasteiger partial charge in [0.25, 0.3) is 0 Å². The van der Waals surface area contributed by atoms with E-state index in [1.807, 2.05) is 38.5 Å². The van der Waals surface area contributed by atoms with E-state index in [-0.39, 0.29) is 43.9 Å². The summed E-state index contributed by atoms with van der Waals surface area (Å²) >= 11 is 3.06. The average molecular weight is 913 g/mol. The van der Waals surface area contributed by atoms with Crippen molar-refractivity contribution in [2.24, 2.45) is 17.4 Å². The molecule has 1 aliphatic rings. The van der Waals surface area contributed by atoms with Gasteiger partial charge in [0.05, 0.1) is 6.04 Å². The molecule has 18 heteroatoms. The molecule has 1 saturated heterocycles. The number of unbranched alkanes of at least 4 members (excludes halogenated alkanes) is 1. The Balaban J connectivity index is 1.90. The molecule has 7 atom stereocenters. The van der Waals surface area contributed by atoms with E-state index in [9.17, 15) is 38.7 Å². The molecule has 1 aliphatic heterocycles. The van der Waals surface area contributed by atoms with Gasteiger partial charge < -0.3 is 48.1 Å². The maximum Gasteiger partial charge on any atom is 0.326 e. The third-order valence-electron chi connectivity index (χ3n) is 10.8. The maximum atomic E-state index is 14.4. The van der Waals surface area contributed by atoms with Crippen molar-refractivity contribution in [3.63, 3.8) is 0 Å². The monoisotopic (exact) mass is 912 g/mol. The predicted octanol–water partition coefficient (Wildman–Crippen LogP) is 1.98. The molecular weight excluding hydrogens is 845 g/mol. The first-order valence-electron chi connectivity index (χ1n) is 21.7. The summed E-state index contributed by atoms with van der Waals surface area (Å²) in [5, 5.41) is 23.7. The fourth-order valence-electron chi connectivity index (χ4n) is 7.32. The second-order valence-electron chi connectivity index (χ2n) is 16.3. The first-order chi connectivity index (χ1) is 30.2. The van der Waals surface area contributed by atoms with E-state index < -0.39 is 77.8 Å². The lowest BCUT2D eigenvalue weighted by Gasteiger charge is -2.29. The van der Waals surface area contributed by atoms with Gasteiger partial charge >= 0.3 is 5.97 Å². The van der Waals surface area contributed by atoms with Gasteiger partial charge in [-0.3, -0.25) is 28.8 Å². The number of carboxylic acid groups (broad SMARTS) is 1. The van der Waals surface area contributed by atoms with Crippen molar-refractivity contribution in [2.75, 3.05) is 37.1 Å². The molecule has 0 aliphatic carbocycles. The summed E-state index contributed by atoms with van der Waals surface area (Å²) in [7, 11) is 0. The van der Waals surface area contributed by atoms with E-state index in [1.54, 1.807) is 60.3 Å². The normalized spacial score (nSPS) is 16.5. The van der Waals surface area contributed by atoms with Crippen LogP contribution in [0.3, 0.4) is 0 Å². The molecule has 0 unspecified atom stereocenters. The number of hydrogen-bond acceptors (Lipinski definition) is 11. The van der Waals surface area contributed by atoms with Crippen LogP contribution < -0.4 is 38.1 Å². The van der Waals surface area contributed by atoms with Gasteiger partial charge in [-0.2, -0.15) is 23.5 Å². The van der Waals surface area contributed by atoms with E-state index in [2.05, 4.69) is 26.6 Å². The lowest BCUT2D eigenvalue weighted by molar-refractivity contribution is -0.142. The molecular formula is C45H68N8O8S2. The van der Waals surface area contributed by atoms with Gasteiger partial charge in [0, 0.05) is 19.4 Å². The van der Waals surface area contributed by atoms with Crippen LogP contribution in [0.2, 0.25) is 0 Å². The summed E-state index contributed by atoms with van der Waals surface area (Å²) in [6, 6.07) is 10.7. The second kappa shape index (κ2) is 28.2. The Morgan fingerprint density at radius 3 is 1.68 bits per heavy atom. The molecule has 2 aromatic rings. The number of hydrogen-bond donors (Lipinski definition) is 8. The highest BCUT2D eigenvalue weighted by atomic mass is 32.2. The fraction of sp³-hybridized carbons (Fsp3) is 0.578. The van der Waals surface area contributed by atoms with Crippen LogP contribution in [0.5, 0.6) is 0 Å². The molecule has 0 radical (unpaired) electrons.